The maximum atomic E-state index is 13.4. The third-order valence-corrected chi connectivity index (χ3v) is 6.01. The van der Waals surface area contributed by atoms with Gasteiger partial charge in [0.05, 0.1) is 38.0 Å². The highest BCUT2D eigenvalue weighted by Gasteiger charge is 2.34. The number of nitrogens with zero attached hydrogens (tertiary/aromatic N) is 2. The van der Waals surface area contributed by atoms with Gasteiger partial charge < -0.3 is 19.5 Å². The van der Waals surface area contributed by atoms with Crippen LogP contribution in [0.4, 0.5) is 0 Å². The molecule has 1 N–H and O–H groups in total. The molecule has 1 amide bonds. The number of methoxy groups -OCH3 is 2. The van der Waals surface area contributed by atoms with Gasteiger partial charge in [-0.15, -0.1) is 11.3 Å². The Balaban J connectivity index is 1.73. The third kappa shape index (κ3) is 3.47. The van der Waals surface area contributed by atoms with Crippen LogP contribution in [0.25, 0.3) is 11.3 Å². The van der Waals surface area contributed by atoms with Gasteiger partial charge in [0.25, 0.3) is 5.91 Å². The number of hydrogen-bond donors (Lipinski definition) is 1. The van der Waals surface area contributed by atoms with E-state index in [9.17, 15) is 9.90 Å². The molecule has 7 heteroatoms. The van der Waals surface area contributed by atoms with Crippen LogP contribution in [0.15, 0.2) is 42.5 Å². The summed E-state index contributed by atoms with van der Waals surface area (Å²) >= 11 is 1.37. The highest BCUT2D eigenvalue weighted by atomic mass is 32.1. The minimum atomic E-state index is -0.859. The molecule has 0 aliphatic carbocycles. The maximum Gasteiger partial charge on any atom is 0.266 e. The fourth-order valence-electron chi connectivity index (χ4n) is 3.74. The molecular formula is C22H22N2O4S. The molecule has 0 saturated heterocycles. The van der Waals surface area contributed by atoms with E-state index in [1.54, 1.807) is 31.3 Å². The average Bonchev–Trinajstić information content (AvgIpc) is 3.14. The Morgan fingerprint density at radius 1 is 1.14 bits per heavy atom. The Hall–Kier alpha value is -2.90. The number of carbonyl (C=O) groups is 1. The van der Waals surface area contributed by atoms with Gasteiger partial charge in [0.15, 0.2) is 0 Å². The number of aryl methyl sites for hydroxylation is 1. The highest BCUT2D eigenvalue weighted by molar-refractivity contribution is 7.14. The van der Waals surface area contributed by atoms with Crippen molar-refractivity contribution in [2.24, 2.45) is 0 Å². The van der Waals surface area contributed by atoms with Crippen molar-refractivity contribution >= 4 is 17.2 Å². The van der Waals surface area contributed by atoms with E-state index in [0.29, 0.717) is 34.2 Å². The number of aliphatic hydroxyl groups excluding tert-OH is 1. The van der Waals surface area contributed by atoms with Crippen molar-refractivity contribution in [3.05, 3.63) is 63.5 Å². The van der Waals surface area contributed by atoms with Gasteiger partial charge in [-0.25, -0.2) is 4.98 Å². The summed E-state index contributed by atoms with van der Waals surface area (Å²) < 4.78 is 10.9. The Morgan fingerprint density at radius 3 is 2.52 bits per heavy atom. The number of thiazole rings is 1. The zero-order valence-electron chi connectivity index (χ0n) is 16.5. The summed E-state index contributed by atoms with van der Waals surface area (Å²) in [5.74, 6) is 1.07. The van der Waals surface area contributed by atoms with Crippen LogP contribution in [0.3, 0.4) is 0 Å². The van der Waals surface area contributed by atoms with Crippen LogP contribution < -0.4 is 9.47 Å². The first kappa shape index (κ1) is 19.4. The molecule has 6 nitrogen and oxygen atoms in total. The van der Waals surface area contributed by atoms with Crippen LogP contribution in [0.2, 0.25) is 0 Å². The molecule has 1 atom stereocenters. The van der Waals surface area contributed by atoms with Gasteiger partial charge in [-0.2, -0.15) is 0 Å². The lowest BCUT2D eigenvalue weighted by atomic mass is 9.95. The molecule has 0 spiro atoms. The fraction of sp³-hybridized carbons (Fsp3) is 0.273. The average molecular weight is 410 g/mol. The quantitative estimate of drug-likeness (QED) is 0.708. The van der Waals surface area contributed by atoms with Crippen molar-refractivity contribution in [3.63, 3.8) is 0 Å². The first-order valence-electron chi connectivity index (χ1n) is 9.27. The number of fused-ring (bicyclic) bond motifs is 1. The molecule has 1 aliphatic heterocycles. The van der Waals surface area contributed by atoms with Crippen LogP contribution >= 0.6 is 11.3 Å². The Kier molecular flexibility index (Phi) is 5.25. The van der Waals surface area contributed by atoms with Gasteiger partial charge in [0, 0.05) is 16.7 Å². The molecular weight excluding hydrogens is 388 g/mol. The largest absolute Gasteiger partial charge is 0.496 e. The number of benzene rings is 2. The number of ether oxygens (including phenoxy) is 2. The van der Waals surface area contributed by atoms with Crippen LogP contribution in [0, 0.1) is 6.92 Å². The molecule has 0 saturated carbocycles. The monoisotopic (exact) mass is 410 g/mol. The molecule has 2 heterocycles. The summed E-state index contributed by atoms with van der Waals surface area (Å²) in [6.07, 6.45) is -0.859. The number of hydrogen-bond acceptors (Lipinski definition) is 6. The Bertz CT molecular complexity index is 1050. The van der Waals surface area contributed by atoms with Gasteiger partial charge in [-0.05, 0) is 19.1 Å². The second-order valence-electron chi connectivity index (χ2n) is 6.84. The van der Waals surface area contributed by atoms with Gasteiger partial charge in [0.2, 0.25) is 0 Å². The van der Waals surface area contributed by atoms with Gasteiger partial charge in [0.1, 0.15) is 22.5 Å². The molecule has 29 heavy (non-hydrogen) atoms. The zero-order valence-corrected chi connectivity index (χ0v) is 17.3. The van der Waals surface area contributed by atoms with E-state index in [-0.39, 0.29) is 12.5 Å². The van der Waals surface area contributed by atoms with Crippen LogP contribution in [0.1, 0.15) is 31.9 Å². The first-order valence-corrected chi connectivity index (χ1v) is 10.1. The van der Waals surface area contributed by atoms with Crippen molar-refractivity contribution in [3.8, 4) is 22.8 Å². The minimum Gasteiger partial charge on any atom is -0.496 e. The predicted molar refractivity (Wildman–Crippen MR) is 112 cm³/mol. The summed E-state index contributed by atoms with van der Waals surface area (Å²) in [4.78, 5) is 20.2. The fourth-order valence-corrected chi connectivity index (χ4v) is 4.65. The Labute approximate surface area is 173 Å². The molecule has 2 aromatic carbocycles. The molecule has 0 bridgehead atoms. The van der Waals surface area contributed by atoms with E-state index < -0.39 is 6.10 Å². The third-order valence-electron chi connectivity index (χ3n) is 5.05. The smallest absolute Gasteiger partial charge is 0.266 e. The maximum absolute atomic E-state index is 13.4. The van der Waals surface area contributed by atoms with E-state index in [0.717, 1.165) is 16.1 Å². The lowest BCUT2D eigenvalue weighted by Gasteiger charge is -2.33. The first-order chi connectivity index (χ1) is 14.0. The zero-order chi connectivity index (χ0) is 20.5. The molecule has 0 fully saturated rings. The van der Waals surface area contributed by atoms with E-state index in [1.165, 1.54) is 11.3 Å². The molecule has 3 aromatic rings. The van der Waals surface area contributed by atoms with Crippen molar-refractivity contribution < 1.29 is 19.4 Å². The normalized spacial score (nSPS) is 15.7. The van der Waals surface area contributed by atoms with Gasteiger partial charge in [-0.1, -0.05) is 30.3 Å². The van der Waals surface area contributed by atoms with Crippen molar-refractivity contribution in [2.75, 3.05) is 20.8 Å². The second kappa shape index (κ2) is 7.85. The SMILES string of the molecule is COc1ccc(OC)c2c1CN(C(=O)c1sc(C)nc1-c1ccccc1)CC2O. The minimum absolute atomic E-state index is 0.149. The summed E-state index contributed by atoms with van der Waals surface area (Å²) in [6.45, 7) is 2.40. The lowest BCUT2D eigenvalue weighted by Crippen LogP contribution is -2.38. The topological polar surface area (TPSA) is 71.9 Å². The predicted octanol–water partition coefficient (Wildman–Crippen LogP) is 3.83. The Morgan fingerprint density at radius 2 is 1.83 bits per heavy atom. The van der Waals surface area contributed by atoms with Crippen molar-refractivity contribution in [1.82, 2.24) is 9.88 Å². The highest BCUT2D eigenvalue weighted by Crippen LogP contribution is 2.40. The van der Waals surface area contributed by atoms with Crippen molar-refractivity contribution in [1.29, 1.82) is 0 Å². The van der Waals surface area contributed by atoms with E-state index in [1.807, 2.05) is 37.3 Å². The second-order valence-corrected chi connectivity index (χ2v) is 8.04. The molecule has 1 aromatic heterocycles. The summed E-state index contributed by atoms with van der Waals surface area (Å²) in [5.41, 5.74) is 3.02. The molecule has 1 aliphatic rings. The van der Waals surface area contributed by atoms with Crippen LogP contribution in [-0.4, -0.2) is 41.7 Å². The van der Waals surface area contributed by atoms with E-state index in [4.69, 9.17) is 9.47 Å². The standard InChI is InChI=1S/C22H22N2O4S/c1-13-23-20(14-7-5-4-6-8-14)21(29-13)22(26)24-11-15-17(27-2)9-10-18(28-3)19(15)16(25)12-24/h4-10,16,25H,11-12H2,1-3H3. The van der Waals surface area contributed by atoms with E-state index >= 15 is 0 Å². The van der Waals surface area contributed by atoms with Crippen LogP contribution in [-0.2, 0) is 6.54 Å². The molecule has 1 unspecified atom stereocenters. The summed E-state index contributed by atoms with van der Waals surface area (Å²) in [7, 11) is 3.15. The summed E-state index contributed by atoms with van der Waals surface area (Å²) in [5, 5.41) is 11.6. The number of aromatic nitrogens is 1. The van der Waals surface area contributed by atoms with Crippen LogP contribution in [0.5, 0.6) is 11.5 Å². The number of β-amino-alcohol motifs (C(OH)–C–C–N with tert-alkyl or cyclic N) is 1. The van der Waals surface area contributed by atoms with Gasteiger partial charge in [-0.3, -0.25) is 4.79 Å². The molecule has 0 radical (unpaired) electrons. The lowest BCUT2D eigenvalue weighted by molar-refractivity contribution is 0.0543. The number of aliphatic hydroxyl groups is 1. The van der Waals surface area contributed by atoms with E-state index in [2.05, 4.69) is 4.98 Å². The van der Waals surface area contributed by atoms with Crippen molar-refractivity contribution in [2.45, 2.75) is 19.6 Å². The summed E-state index contributed by atoms with van der Waals surface area (Å²) in [6, 6.07) is 13.2. The molecule has 4 rings (SSSR count). The number of amides is 1. The number of carbonyl (C=O) groups excluding carboxylic acids is 1. The molecule has 150 valence electrons. The van der Waals surface area contributed by atoms with Gasteiger partial charge >= 0.3 is 0 Å². The number of rotatable bonds is 4.